The van der Waals surface area contributed by atoms with Gasteiger partial charge in [-0.25, -0.2) is 4.57 Å². The van der Waals surface area contributed by atoms with Crippen LogP contribution in [0.3, 0.4) is 0 Å². The van der Waals surface area contributed by atoms with Crippen molar-refractivity contribution in [3.8, 4) is 0 Å². The fourth-order valence-corrected chi connectivity index (χ4v) is 3.11. The molecule has 0 saturated heterocycles. The third kappa shape index (κ3) is 16.3. The summed E-state index contributed by atoms with van der Waals surface area (Å²) in [5.74, 6) is 0.687. The molecule has 0 amide bonds. The van der Waals surface area contributed by atoms with E-state index >= 15 is 0 Å². The summed E-state index contributed by atoms with van der Waals surface area (Å²) in [6, 6.07) is 0. The normalized spacial score (nSPS) is 15.5. The van der Waals surface area contributed by atoms with E-state index in [1.54, 1.807) is 0 Å². The lowest BCUT2D eigenvalue weighted by Gasteiger charge is -2.20. The molecule has 0 aliphatic heterocycles. The van der Waals surface area contributed by atoms with Crippen molar-refractivity contribution in [1.29, 1.82) is 0 Å². The molecule has 7 nitrogen and oxygen atoms in total. The number of hydrogen-bond acceptors (Lipinski definition) is 3. The highest BCUT2D eigenvalue weighted by Gasteiger charge is 2.24. The Morgan fingerprint density at radius 1 is 0.917 bits per heavy atom. The van der Waals surface area contributed by atoms with Crippen molar-refractivity contribution in [2.45, 2.75) is 79.1 Å². The van der Waals surface area contributed by atoms with Crippen molar-refractivity contribution in [3.05, 3.63) is 16.0 Å². The van der Waals surface area contributed by atoms with Gasteiger partial charge in [-0.05, 0) is 24.7 Å². The summed E-state index contributed by atoms with van der Waals surface area (Å²) in [4.78, 5) is 11.3. The van der Waals surface area contributed by atoms with Crippen molar-refractivity contribution in [2.75, 3.05) is 13.2 Å². The molecular weight excluding hydrogens is 329 g/mol. The van der Waals surface area contributed by atoms with E-state index in [-0.39, 0.29) is 0 Å². The minimum absolute atomic E-state index is 0.316. The van der Waals surface area contributed by atoms with Crippen molar-refractivity contribution in [1.82, 2.24) is 0 Å². The van der Waals surface area contributed by atoms with Gasteiger partial charge in [0.15, 0.2) is 0 Å². The van der Waals surface area contributed by atoms with E-state index in [1.807, 2.05) is 0 Å². The van der Waals surface area contributed by atoms with Crippen LogP contribution in [0.15, 0.2) is 0 Å². The molecule has 0 radical (unpaired) electrons. The van der Waals surface area contributed by atoms with Gasteiger partial charge >= 0.3 is 7.82 Å². The van der Waals surface area contributed by atoms with Gasteiger partial charge in [-0.3, -0.25) is 14.0 Å². The first-order valence-electron chi connectivity index (χ1n) is 9.00. The zero-order valence-corrected chi connectivity index (χ0v) is 16.6. The van der Waals surface area contributed by atoms with Crippen LogP contribution in [-0.4, -0.2) is 18.1 Å². The number of phosphoric acid groups is 1. The van der Waals surface area contributed by atoms with E-state index in [4.69, 9.17) is 20.1 Å². The lowest BCUT2D eigenvalue weighted by Crippen LogP contribution is -2.12. The Hall–Kier alpha value is -0.580. The molecule has 0 aliphatic rings. The zero-order chi connectivity index (χ0) is 18.8. The average molecular weight is 364 g/mol. The summed E-state index contributed by atoms with van der Waals surface area (Å²) in [6.07, 6.45) is 8.56. The standard InChI is InChI=1S/C16H35O4P.N3/c1-5-9-11-15(7-3)13-19-21(17,18)20-14-16(8-4)12-10-6-2;1-3-2/h15-16H,5-14H2,1-4H3,(H,17,18);/q;-1. The van der Waals surface area contributed by atoms with Crippen LogP contribution in [0.1, 0.15) is 79.1 Å². The van der Waals surface area contributed by atoms with Gasteiger partial charge in [-0.1, -0.05) is 66.2 Å². The maximum atomic E-state index is 11.9. The SMILES string of the molecule is CCCCC(CC)COP(=O)(O)OCC(CC)CCCC.[N-]=[N+]=[N-]. The summed E-state index contributed by atoms with van der Waals surface area (Å²) in [5, 5.41) is 0. The van der Waals surface area contributed by atoms with E-state index in [2.05, 4.69) is 27.7 Å². The van der Waals surface area contributed by atoms with Gasteiger partial charge in [-0.15, -0.1) is 0 Å². The number of hydrogen-bond donors (Lipinski definition) is 1. The minimum atomic E-state index is -3.89. The first kappa shape index (κ1) is 25.7. The highest BCUT2D eigenvalue weighted by atomic mass is 31.2. The van der Waals surface area contributed by atoms with Gasteiger partial charge in [0.05, 0.1) is 13.2 Å². The molecule has 2 unspecified atom stereocenters. The lowest BCUT2D eigenvalue weighted by atomic mass is 10.0. The number of unbranched alkanes of at least 4 members (excludes halogenated alkanes) is 2. The second kappa shape index (κ2) is 17.2. The molecule has 144 valence electrons. The van der Waals surface area contributed by atoms with Gasteiger partial charge in [0.1, 0.15) is 0 Å². The highest BCUT2D eigenvalue weighted by Crippen LogP contribution is 2.44. The largest absolute Gasteiger partial charge is 0.472 e. The molecule has 0 aromatic carbocycles. The second-order valence-electron chi connectivity index (χ2n) is 5.98. The smallest absolute Gasteiger partial charge is 0.373 e. The first-order chi connectivity index (χ1) is 11.4. The lowest BCUT2D eigenvalue weighted by molar-refractivity contribution is 0.110. The monoisotopic (exact) mass is 364 g/mol. The maximum absolute atomic E-state index is 11.9. The van der Waals surface area contributed by atoms with Crippen LogP contribution < -0.4 is 0 Å². The molecule has 0 rings (SSSR count). The Kier molecular flexibility index (Phi) is 18.4. The molecule has 0 saturated carbocycles. The average Bonchev–Trinajstić information content (AvgIpc) is 2.56. The number of rotatable bonds is 14. The summed E-state index contributed by atoms with van der Waals surface area (Å²) in [5.41, 5.74) is 13.5. The summed E-state index contributed by atoms with van der Waals surface area (Å²) < 4.78 is 22.2. The van der Waals surface area contributed by atoms with Crippen LogP contribution in [0.2, 0.25) is 0 Å². The van der Waals surface area contributed by atoms with E-state index < -0.39 is 7.82 Å². The zero-order valence-electron chi connectivity index (χ0n) is 15.7. The summed E-state index contributed by atoms with van der Waals surface area (Å²) in [7, 11) is -3.89. The molecule has 0 fully saturated rings. The second-order valence-corrected chi connectivity index (χ2v) is 7.44. The molecule has 0 aromatic rings. The predicted octanol–water partition coefficient (Wildman–Crippen LogP) is 6.42. The van der Waals surface area contributed by atoms with E-state index in [0.717, 1.165) is 51.4 Å². The molecule has 0 bridgehead atoms. The molecule has 1 N–H and O–H groups in total. The Morgan fingerprint density at radius 3 is 1.50 bits per heavy atom. The van der Waals surface area contributed by atoms with Gasteiger partial charge < -0.3 is 16.0 Å². The number of nitrogens with zero attached hydrogens (tertiary/aromatic N) is 3. The van der Waals surface area contributed by atoms with Crippen LogP contribution in [0.25, 0.3) is 16.0 Å². The van der Waals surface area contributed by atoms with Crippen molar-refractivity contribution < 1.29 is 18.5 Å². The Bertz CT molecular complexity index is 339. The molecule has 0 aromatic heterocycles. The molecule has 8 heteroatoms. The Labute approximate surface area is 147 Å². The maximum Gasteiger partial charge on any atom is 0.472 e. The quantitative estimate of drug-likeness (QED) is 0.166. The molecular formula is C16H35N3O4P-. The summed E-state index contributed by atoms with van der Waals surface area (Å²) in [6.45, 7) is 9.10. The van der Waals surface area contributed by atoms with Crippen LogP contribution in [-0.2, 0) is 13.6 Å². The summed E-state index contributed by atoms with van der Waals surface area (Å²) >= 11 is 0. The van der Waals surface area contributed by atoms with Gasteiger partial charge in [0.25, 0.3) is 0 Å². The third-order valence-corrected chi connectivity index (χ3v) is 4.98. The van der Waals surface area contributed by atoms with E-state index in [9.17, 15) is 9.46 Å². The van der Waals surface area contributed by atoms with E-state index in [0.29, 0.717) is 25.0 Å². The van der Waals surface area contributed by atoms with Gasteiger partial charge in [-0.2, -0.15) is 0 Å². The fraction of sp³-hybridized carbons (Fsp3) is 1.00. The van der Waals surface area contributed by atoms with Crippen LogP contribution in [0, 0.1) is 11.8 Å². The molecule has 0 aliphatic carbocycles. The van der Waals surface area contributed by atoms with Gasteiger partial charge in [0, 0.05) is 0 Å². The number of phosphoric ester groups is 1. The van der Waals surface area contributed by atoms with Crippen LogP contribution in [0.5, 0.6) is 0 Å². The van der Waals surface area contributed by atoms with Crippen molar-refractivity contribution in [3.63, 3.8) is 0 Å². The topological polar surface area (TPSA) is 114 Å². The van der Waals surface area contributed by atoms with Crippen molar-refractivity contribution >= 4 is 7.82 Å². The molecule has 0 heterocycles. The Morgan fingerprint density at radius 2 is 1.25 bits per heavy atom. The Balaban J connectivity index is 0. The first-order valence-corrected chi connectivity index (χ1v) is 10.5. The highest BCUT2D eigenvalue weighted by molar-refractivity contribution is 7.47. The predicted molar refractivity (Wildman–Crippen MR) is 98.4 cm³/mol. The minimum Gasteiger partial charge on any atom is -0.373 e. The molecule has 0 spiro atoms. The van der Waals surface area contributed by atoms with Crippen molar-refractivity contribution in [2.24, 2.45) is 11.8 Å². The van der Waals surface area contributed by atoms with Gasteiger partial charge in [0.2, 0.25) is 0 Å². The third-order valence-electron chi connectivity index (χ3n) is 4.03. The van der Waals surface area contributed by atoms with Crippen LogP contribution >= 0.6 is 7.82 Å². The van der Waals surface area contributed by atoms with Crippen LogP contribution in [0.4, 0.5) is 0 Å². The molecule has 24 heavy (non-hydrogen) atoms. The van der Waals surface area contributed by atoms with E-state index in [1.165, 1.54) is 4.91 Å². The fourth-order valence-electron chi connectivity index (χ4n) is 2.23. The molecule has 2 atom stereocenters.